The van der Waals surface area contributed by atoms with E-state index in [9.17, 15) is 13.2 Å². The van der Waals surface area contributed by atoms with Gasteiger partial charge in [0, 0.05) is 37.7 Å². The van der Waals surface area contributed by atoms with E-state index in [1.807, 2.05) is 49.5 Å². The van der Waals surface area contributed by atoms with Gasteiger partial charge in [-0.05, 0) is 23.8 Å². The third kappa shape index (κ3) is 21.5. The monoisotopic (exact) mass is 746 g/mol. The molecule has 0 spiro atoms. The fraction of sp³-hybridized carbons (Fsp3) is 0.639. The molecule has 16 heteroatoms. The first kappa shape index (κ1) is 43.3. The molecule has 2 aromatic rings. The molecule has 52 heavy (non-hydrogen) atoms. The topological polar surface area (TPSA) is 130 Å². The van der Waals surface area contributed by atoms with E-state index < -0.39 is 12.8 Å². The van der Waals surface area contributed by atoms with Crippen LogP contribution in [0.15, 0.2) is 34.4 Å². The Hall–Kier alpha value is -3.06. The number of rotatable bonds is 32. The molecule has 1 N–H and O–H groups in total. The third-order valence-corrected chi connectivity index (χ3v) is 7.02. The molecule has 0 saturated heterocycles. The Kier molecular flexibility index (Phi) is 22.9. The van der Waals surface area contributed by atoms with Crippen molar-refractivity contribution in [3.63, 3.8) is 0 Å². The fourth-order valence-electron chi connectivity index (χ4n) is 4.43. The zero-order valence-electron chi connectivity index (χ0n) is 30.0. The van der Waals surface area contributed by atoms with E-state index in [2.05, 4.69) is 15.0 Å². The first-order valence-corrected chi connectivity index (χ1v) is 17.5. The number of anilines is 1. The lowest BCUT2D eigenvalue weighted by Gasteiger charge is -2.13. The number of fused-ring (bicyclic) bond motifs is 1. The molecule has 0 amide bonds. The maximum Gasteiger partial charge on any atom is 0.411 e. The lowest BCUT2D eigenvalue weighted by molar-refractivity contribution is -0.176. The maximum atomic E-state index is 11.9. The molecule has 294 valence electrons. The number of oxazole rings is 1. The number of alkyl halides is 3. The van der Waals surface area contributed by atoms with Crippen LogP contribution in [0.1, 0.15) is 29.3 Å². The van der Waals surface area contributed by atoms with Gasteiger partial charge in [-0.1, -0.05) is 12.1 Å². The van der Waals surface area contributed by atoms with E-state index in [4.69, 9.17) is 47.0 Å². The van der Waals surface area contributed by atoms with Crippen molar-refractivity contribution < 1.29 is 65.0 Å². The lowest BCUT2D eigenvalue weighted by Crippen LogP contribution is -2.19. The number of allylic oxidation sites excluding steroid dienone is 1. The van der Waals surface area contributed by atoms with Gasteiger partial charge in [-0.3, -0.25) is 0 Å². The van der Waals surface area contributed by atoms with E-state index >= 15 is 0 Å². The summed E-state index contributed by atoms with van der Waals surface area (Å²) < 4.78 is 95.3. The highest BCUT2D eigenvalue weighted by Crippen LogP contribution is 2.26. The van der Waals surface area contributed by atoms with Gasteiger partial charge in [-0.15, -0.1) is 0 Å². The van der Waals surface area contributed by atoms with Gasteiger partial charge in [-0.2, -0.15) is 13.2 Å². The van der Waals surface area contributed by atoms with Crippen LogP contribution in [0.2, 0.25) is 0 Å². The molecule has 3 rings (SSSR count). The van der Waals surface area contributed by atoms with Gasteiger partial charge in [0.05, 0.1) is 118 Å². The fourth-order valence-corrected chi connectivity index (χ4v) is 4.43. The molecule has 1 aromatic heterocycles. The van der Waals surface area contributed by atoms with E-state index in [-0.39, 0.29) is 19.8 Å². The molecule has 0 radical (unpaired) electrons. The molecule has 0 saturated carbocycles. The van der Waals surface area contributed by atoms with Crippen molar-refractivity contribution in [1.82, 2.24) is 4.98 Å². The van der Waals surface area contributed by atoms with Crippen LogP contribution < -0.4 is 5.32 Å². The Morgan fingerprint density at radius 3 is 1.50 bits per heavy atom. The van der Waals surface area contributed by atoms with E-state index in [1.54, 1.807) is 0 Å². The number of hydrogen-bond donors (Lipinski definition) is 1. The highest BCUT2D eigenvalue weighted by molar-refractivity contribution is 5.68. The molecule has 0 bridgehead atoms. The summed E-state index contributed by atoms with van der Waals surface area (Å²) in [7, 11) is 1.89. The molecular weight excluding hydrogens is 693 g/mol. The number of benzene rings is 1. The second-order valence-electron chi connectivity index (χ2n) is 11.1. The molecule has 0 aliphatic heterocycles. The molecule has 1 aliphatic rings. The first-order valence-electron chi connectivity index (χ1n) is 17.5. The normalized spacial score (nSPS) is 13.1. The smallest absolute Gasteiger partial charge is 0.411 e. The van der Waals surface area contributed by atoms with Gasteiger partial charge in [0.15, 0.2) is 5.76 Å². The highest BCUT2D eigenvalue weighted by Gasteiger charge is 2.27. The Balaban J connectivity index is 1.01. The Morgan fingerprint density at radius 1 is 0.615 bits per heavy atom. The summed E-state index contributed by atoms with van der Waals surface area (Å²) in [5.41, 5.74) is 3.07. The number of nitrogens with one attached hydrogen (secondary N) is 1. The van der Waals surface area contributed by atoms with Gasteiger partial charge in [0.25, 0.3) is 0 Å². The quantitative estimate of drug-likeness (QED) is 0.102. The van der Waals surface area contributed by atoms with E-state index in [0.29, 0.717) is 105 Å². The summed E-state index contributed by atoms with van der Waals surface area (Å²) in [5, 5.41) is 3.11. The van der Waals surface area contributed by atoms with Gasteiger partial charge in [0.1, 0.15) is 19.0 Å². The van der Waals surface area contributed by atoms with Crippen molar-refractivity contribution in [3.05, 3.63) is 52.9 Å². The number of hydrogen-bond acceptors (Lipinski definition) is 13. The average molecular weight is 747 g/mol. The predicted molar refractivity (Wildman–Crippen MR) is 187 cm³/mol. The van der Waals surface area contributed by atoms with E-state index in [0.717, 1.165) is 41.3 Å². The van der Waals surface area contributed by atoms with Crippen molar-refractivity contribution in [2.24, 2.45) is 0 Å². The minimum atomic E-state index is -4.32. The molecular formula is C36H53F3N2O11. The van der Waals surface area contributed by atoms with Crippen LogP contribution in [-0.4, -0.2) is 144 Å². The van der Waals surface area contributed by atoms with Gasteiger partial charge in [-0.25, -0.2) is 4.98 Å². The molecule has 0 atom stereocenters. The summed E-state index contributed by atoms with van der Waals surface area (Å²) in [6.07, 6.45) is 2.99. The van der Waals surface area contributed by atoms with Crippen LogP contribution in [0.4, 0.5) is 18.9 Å². The zero-order valence-corrected chi connectivity index (χ0v) is 30.0. The summed E-state index contributed by atoms with van der Waals surface area (Å²) in [6.45, 7) is 5.55. The van der Waals surface area contributed by atoms with Crippen molar-refractivity contribution in [2.75, 3.05) is 138 Å². The first-order chi connectivity index (χ1) is 25.4. The third-order valence-electron chi connectivity index (χ3n) is 7.02. The average Bonchev–Trinajstić information content (AvgIpc) is 3.55. The van der Waals surface area contributed by atoms with Crippen molar-refractivity contribution >= 4 is 23.9 Å². The number of nitrogens with zero attached hydrogens (tertiary/aromatic N) is 1. The number of aryl methyl sites for hydroxylation is 1. The second-order valence-corrected chi connectivity index (χ2v) is 11.1. The van der Waals surface area contributed by atoms with Crippen LogP contribution in [0, 0.1) is 0 Å². The summed E-state index contributed by atoms with van der Waals surface area (Å²) in [5.74, 6) is 2.18. The summed E-state index contributed by atoms with van der Waals surface area (Å²) >= 11 is 0. The standard InChI is InChI=1S/C36H53F3N2O11/c1-40-31-5-2-30(3-6-31)4-9-35-41-33-8-7-32(28-34(33)52-35)51-27-26-49-23-22-47-19-18-45-15-14-43-11-10-42-12-13-44-16-17-46-20-21-48-24-25-50-29-36(37,38)39/h2-6,9,28,40H,7-8,10-27,29H2,1H3/b9-4+. The largest absolute Gasteiger partial charge is 0.495 e. The predicted octanol–water partition coefficient (Wildman–Crippen LogP) is 4.90. The highest BCUT2D eigenvalue weighted by atomic mass is 19.4. The Morgan fingerprint density at radius 2 is 1.06 bits per heavy atom. The lowest BCUT2D eigenvalue weighted by atomic mass is 10.1. The summed E-state index contributed by atoms with van der Waals surface area (Å²) in [6, 6.07) is 8.11. The minimum absolute atomic E-state index is 0.0804. The SMILES string of the molecule is CNc1ccc(/C=C/c2nc3c(o2)C=C(OCCOCCOCCOCCOCCOCCOCCOCCOCCOCC(F)(F)F)CC3)cc1. The van der Waals surface area contributed by atoms with Crippen LogP contribution in [0.25, 0.3) is 18.2 Å². The van der Waals surface area contributed by atoms with E-state index in [1.165, 1.54) is 0 Å². The Bertz CT molecular complexity index is 1240. The van der Waals surface area contributed by atoms with Gasteiger partial charge >= 0.3 is 6.18 Å². The van der Waals surface area contributed by atoms with Crippen molar-refractivity contribution in [3.8, 4) is 0 Å². The van der Waals surface area contributed by atoms with Crippen LogP contribution in [0.3, 0.4) is 0 Å². The minimum Gasteiger partial charge on any atom is -0.495 e. The molecule has 0 unspecified atom stereocenters. The summed E-state index contributed by atoms with van der Waals surface area (Å²) in [4.78, 5) is 4.59. The Labute approximate surface area is 303 Å². The number of aromatic nitrogens is 1. The molecule has 1 heterocycles. The van der Waals surface area contributed by atoms with Crippen LogP contribution in [-0.2, 0) is 53.8 Å². The second kappa shape index (κ2) is 27.5. The maximum absolute atomic E-state index is 11.9. The zero-order chi connectivity index (χ0) is 37.0. The van der Waals surface area contributed by atoms with Crippen molar-refractivity contribution in [2.45, 2.75) is 19.0 Å². The molecule has 13 nitrogen and oxygen atoms in total. The van der Waals surface area contributed by atoms with Crippen LogP contribution >= 0.6 is 0 Å². The molecule has 1 aliphatic carbocycles. The van der Waals surface area contributed by atoms with Gasteiger partial charge in [0.2, 0.25) is 5.89 Å². The molecule has 1 aromatic carbocycles. The van der Waals surface area contributed by atoms with Gasteiger partial charge < -0.3 is 57.1 Å². The molecule has 0 fully saturated rings. The number of halogens is 3. The van der Waals surface area contributed by atoms with Crippen LogP contribution in [0.5, 0.6) is 0 Å². The number of ether oxygens (including phenoxy) is 10. The van der Waals surface area contributed by atoms with Crippen molar-refractivity contribution in [1.29, 1.82) is 0 Å².